The molecule has 3 aliphatic rings. The molecule has 0 aliphatic heterocycles. The number of carbonyl (C=O) groups excluding carboxylic acids is 1. The van der Waals surface area contributed by atoms with E-state index in [1.165, 1.54) is 25.7 Å². The molecule has 2 nitrogen and oxygen atoms in total. The summed E-state index contributed by atoms with van der Waals surface area (Å²) in [7, 11) is 1.67. The van der Waals surface area contributed by atoms with Crippen LogP contribution in [0.5, 0.6) is 0 Å². The molecular weight excluding hydrogens is 236 g/mol. The quantitative estimate of drug-likeness (QED) is 0.757. The van der Waals surface area contributed by atoms with Gasteiger partial charge < -0.3 is 4.74 Å². The minimum Gasteiger partial charge on any atom is -0.374 e. The molecule has 19 heavy (non-hydrogen) atoms. The summed E-state index contributed by atoms with van der Waals surface area (Å²) < 4.78 is 5.29. The van der Waals surface area contributed by atoms with Crippen LogP contribution in [0.25, 0.3) is 0 Å². The van der Waals surface area contributed by atoms with Crippen LogP contribution in [-0.2, 0) is 9.53 Å². The molecule has 0 amide bonds. The summed E-state index contributed by atoms with van der Waals surface area (Å²) in [5.41, 5.74) is 0.932. The first-order valence-electron chi connectivity index (χ1n) is 7.95. The second-order valence-corrected chi connectivity index (χ2v) is 7.95. The molecule has 5 atom stereocenters. The van der Waals surface area contributed by atoms with Gasteiger partial charge in [0.15, 0.2) is 5.78 Å². The van der Waals surface area contributed by atoms with E-state index in [4.69, 9.17) is 4.74 Å². The van der Waals surface area contributed by atoms with Crippen molar-refractivity contribution >= 4 is 5.78 Å². The van der Waals surface area contributed by atoms with Crippen LogP contribution in [-0.4, -0.2) is 19.0 Å². The van der Waals surface area contributed by atoms with Gasteiger partial charge in [-0.3, -0.25) is 4.79 Å². The van der Waals surface area contributed by atoms with Crippen molar-refractivity contribution in [2.75, 3.05) is 7.11 Å². The van der Waals surface area contributed by atoms with Crippen molar-refractivity contribution in [3.05, 3.63) is 0 Å². The molecule has 3 fully saturated rings. The fourth-order valence-electron chi connectivity index (χ4n) is 5.59. The highest BCUT2D eigenvalue weighted by molar-refractivity contribution is 5.84. The number of fused-ring (bicyclic) bond motifs is 2. The van der Waals surface area contributed by atoms with Gasteiger partial charge in [-0.15, -0.1) is 0 Å². The lowest BCUT2D eigenvalue weighted by Gasteiger charge is -2.44. The maximum absolute atomic E-state index is 12.1. The van der Waals surface area contributed by atoms with Gasteiger partial charge in [0.2, 0.25) is 0 Å². The third-order valence-corrected chi connectivity index (χ3v) is 7.34. The highest BCUT2D eigenvalue weighted by atomic mass is 16.5. The molecule has 108 valence electrons. The summed E-state index contributed by atoms with van der Waals surface area (Å²) in [6, 6.07) is 0. The maximum Gasteiger partial charge on any atom is 0.161 e. The molecule has 0 aromatic rings. The Balaban J connectivity index is 1.77. The lowest BCUT2D eigenvalue weighted by atomic mass is 9.61. The number of ether oxygens (including phenoxy) is 1. The molecule has 0 heterocycles. The summed E-state index contributed by atoms with van der Waals surface area (Å²) in [5, 5.41) is 0. The van der Waals surface area contributed by atoms with Gasteiger partial charge in [0, 0.05) is 13.5 Å². The standard InChI is InChI=1S/C17H28O2/c1-16(2)12-7-8-17(16,3)13(10-12)11-5-6-15(19-4)14(18)9-11/h11-13,15H,5-10H2,1-4H3/t11?,12-,13+,15?,17+/m1/s1. The van der Waals surface area contributed by atoms with E-state index in [1.54, 1.807) is 7.11 Å². The van der Waals surface area contributed by atoms with Crippen LogP contribution in [0.3, 0.4) is 0 Å². The fourth-order valence-corrected chi connectivity index (χ4v) is 5.59. The van der Waals surface area contributed by atoms with Crippen LogP contribution < -0.4 is 0 Å². The van der Waals surface area contributed by atoms with Crippen molar-refractivity contribution in [1.82, 2.24) is 0 Å². The molecule has 0 aromatic carbocycles. The molecule has 0 radical (unpaired) electrons. The molecule has 3 aliphatic carbocycles. The van der Waals surface area contributed by atoms with Gasteiger partial charge in [-0.2, -0.15) is 0 Å². The molecule has 0 N–H and O–H groups in total. The third-order valence-electron chi connectivity index (χ3n) is 7.34. The van der Waals surface area contributed by atoms with Gasteiger partial charge in [0.1, 0.15) is 6.10 Å². The van der Waals surface area contributed by atoms with Crippen LogP contribution in [0.2, 0.25) is 0 Å². The fraction of sp³-hybridized carbons (Fsp3) is 0.941. The Kier molecular flexibility index (Phi) is 3.09. The van der Waals surface area contributed by atoms with E-state index in [1.807, 2.05) is 0 Å². The molecule has 2 bridgehead atoms. The molecule has 0 spiro atoms. The highest BCUT2D eigenvalue weighted by Crippen LogP contribution is 2.70. The maximum atomic E-state index is 12.1. The van der Waals surface area contributed by atoms with Gasteiger partial charge in [-0.25, -0.2) is 0 Å². The van der Waals surface area contributed by atoms with Crippen molar-refractivity contribution in [3.63, 3.8) is 0 Å². The normalized spacial score (nSPS) is 48.7. The Morgan fingerprint density at radius 2 is 1.89 bits per heavy atom. The van der Waals surface area contributed by atoms with Gasteiger partial charge in [0.25, 0.3) is 0 Å². The van der Waals surface area contributed by atoms with Crippen LogP contribution in [0.4, 0.5) is 0 Å². The Morgan fingerprint density at radius 3 is 2.37 bits per heavy atom. The summed E-state index contributed by atoms with van der Waals surface area (Å²) in [6.45, 7) is 7.43. The molecule has 0 saturated heterocycles. The minimum atomic E-state index is -0.115. The van der Waals surface area contributed by atoms with E-state index >= 15 is 0 Å². The van der Waals surface area contributed by atoms with Crippen molar-refractivity contribution in [2.24, 2.45) is 28.6 Å². The summed E-state index contributed by atoms with van der Waals surface area (Å²) in [4.78, 5) is 12.1. The topological polar surface area (TPSA) is 26.3 Å². The summed E-state index contributed by atoms with van der Waals surface area (Å²) >= 11 is 0. The molecule has 0 aromatic heterocycles. The summed E-state index contributed by atoms with van der Waals surface area (Å²) in [6.07, 6.45) is 6.91. The first-order valence-corrected chi connectivity index (χ1v) is 7.95. The zero-order valence-corrected chi connectivity index (χ0v) is 12.9. The second kappa shape index (κ2) is 4.31. The number of methoxy groups -OCH3 is 1. The second-order valence-electron chi connectivity index (χ2n) is 7.95. The van der Waals surface area contributed by atoms with Gasteiger partial charge in [-0.1, -0.05) is 20.8 Å². The Morgan fingerprint density at radius 1 is 1.16 bits per heavy atom. The first kappa shape index (κ1) is 13.6. The predicted molar refractivity (Wildman–Crippen MR) is 75.9 cm³/mol. The SMILES string of the molecule is COC1CCC([C@@H]2C[C@H]3CC[C@]2(C)C3(C)C)CC1=O. The van der Waals surface area contributed by atoms with Gasteiger partial charge >= 0.3 is 0 Å². The lowest BCUT2D eigenvalue weighted by Crippen LogP contribution is -2.40. The van der Waals surface area contributed by atoms with Crippen molar-refractivity contribution < 1.29 is 9.53 Å². The third kappa shape index (κ3) is 1.75. The number of hydrogen-bond acceptors (Lipinski definition) is 2. The number of rotatable bonds is 2. The van der Waals surface area contributed by atoms with Gasteiger partial charge in [-0.05, 0) is 60.7 Å². The zero-order chi connectivity index (χ0) is 13.8. The monoisotopic (exact) mass is 264 g/mol. The van der Waals surface area contributed by atoms with Crippen molar-refractivity contribution in [3.8, 4) is 0 Å². The molecule has 3 rings (SSSR count). The Labute approximate surface area is 117 Å². The molecule has 2 heteroatoms. The number of Topliss-reactive ketones (excluding diaryl/α,β-unsaturated/α-hetero) is 1. The average molecular weight is 264 g/mol. The largest absolute Gasteiger partial charge is 0.374 e. The predicted octanol–water partition coefficient (Wildman–Crippen LogP) is 3.83. The van der Waals surface area contributed by atoms with Crippen LogP contribution in [0.15, 0.2) is 0 Å². The molecule has 3 saturated carbocycles. The Bertz CT molecular complexity index is 387. The number of ketones is 1. The first-order chi connectivity index (χ1) is 8.90. The lowest BCUT2D eigenvalue weighted by molar-refractivity contribution is -0.134. The van der Waals surface area contributed by atoms with Crippen LogP contribution >= 0.6 is 0 Å². The Hall–Kier alpha value is -0.370. The van der Waals surface area contributed by atoms with E-state index in [2.05, 4.69) is 20.8 Å². The van der Waals surface area contributed by atoms with Crippen molar-refractivity contribution in [2.45, 2.75) is 65.4 Å². The van der Waals surface area contributed by atoms with E-state index in [-0.39, 0.29) is 6.10 Å². The van der Waals surface area contributed by atoms with Crippen LogP contribution in [0, 0.1) is 28.6 Å². The average Bonchev–Trinajstić information content (AvgIpc) is 2.71. The number of carbonyl (C=O) groups is 1. The van der Waals surface area contributed by atoms with Gasteiger partial charge in [0.05, 0.1) is 0 Å². The zero-order valence-electron chi connectivity index (χ0n) is 12.9. The summed E-state index contributed by atoms with van der Waals surface area (Å²) in [5.74, 6) is 2.62. The van der Waals surface area contributed by atoms with E-state index in [9.17, 15) is 4.79 Å². The van der Waals surface area contributed by atoms with E-state index < -0.39 is 0 Å². The number of hydrogen-bond donors (Lipinski definition) is 0. The highest BCUT2D eigenvalue weighted by Gasteiger charge is 2.62. The van der Waals surface area contributed by atoms with Crippen LogP contribution in [0.1, 0.15) is 59.3 Å². The minimum absolute atomic E-state index is 0.115. The smallest absolute Gasteiger partial charge is 0.161 e. The van der Waals surface area contributed by atoms with Crippen molar-refractivity contribution in [1.29, 1.82) is 0 Å². The molecule has 2 unspecified atom stereocenters. The molecular formula is C17H28O2. The van der Waals surface area contributed by atoms with E-state index in [0.29, 0.717) is 22.5 Å². The van der Waals surface area contributed by atoms with E-state index in [0.717, 1.165) is 24.7 Å².